The molecule has 0 aliphatic heterocycles. The molecule has 5 heteroatoms. The number of aromatic nitrogens is 1. The lowest BCUT2D eigenvalue weighted by Crippen LogP contribution is -1.85. The van der Waals surface area contributed by atoms with E-state index in [0.29, 0.717) is 0 Å². The molecule has 0 radical (unpaired) electrons. The molecular formula is C8H5BrINOS. The van der Waals surface area contributed by atoms with Gasteiger partial charge in [0.1, 0.15) is 5.75 Å². The van der Waals surface area contributed by atoms with Crippen LogP contribution in [0, 0.1) is 3.57 Å². The van der Waals surface area contributed by atoms with Gasteiger partial charge in [-0.2, -0.15) is 0 Å². The fourth-order valence-corrected chi connectivity index (χ4v) is 3.48. The highest BCUT2D eigenvalue weighted by Crippen LogP contribution is 2.34. The van der Waals surface area contributed by atoms with Crippen LogP contribution in [0.1, 0.15) is 0 Å². The van der Waals surface area contributed by atoms with Crippen LogP contribution in [-0.4, -0.2) is 12.1 Å². The van der Waals surface area contributed by atoms with Crippen LogP contribution in [-0.2, 0) is 0 Å². The predicted molar refractivity (Wildman–Crippen MR) is 66.6 cm³/mol. The first kappa shape index (κ1) is 9.67. The normalized spacial score (nSPS) is 10.7. The smallest absolute Gasteiger partial charge is 0.160 e. The Hall–Kier alpha value is 0.120. The maximum atomic E-state index is 5.22. The number of nitrogens with zero attached hydrogens (tertiary/aromatic N) is 1. The monoisotopic (exact) mass is 369 g/mol. The summed E-state index contributed by atoms with van der Waals surface area (Å²) >= 11 is 7.27. The van der Waals surface area contributed by atoms with Gasteiger partial charge in [0.05, 0.1) is 20.9 Å². The second-order valence-corrected chi connectivity index (χ2v) is 5.75. The Balaban J connectivity index is 2.78. The molecule has 2 aromatic rings. The van der Waals surface area contributed by atoms with Crippen LogP contribution >= 0.6 is 49.9 Å². The predicted octanol–water partition coefficient (Wildman–Crippen LogP) is 3.67. The van der Waals surface area contributed by atoms with E-state index in [-0.39, 0.29) is 0 Å². The molecule has 0 N–H and O–H groups in total. The summed E-state index contributed by atoms with van der Waals surface area (Å²) in [6, 6.07) is 3.91. The first-order valence-electron chi connectivity index (χ1n) is 3.51. The van der Waals surface area contributed by atoms with Gasteiger partial charge in [0.15, 0.2) is 3.92 Å². The van der Waals surface area contributed by atoms with E-state index >= 15 is 0 Å². The average Bonchev–Trinajstić information content (AvgIpc) is 2.47. The van der Waals surface area contributed by atoms with Crippen molar-refractivity contribution in [2.75, 3.05) is 7.11 Å². The number of hydrogen-bond acceptors (Lipinski definition) is 3. The summed E-state index contributed by atoms with van der Waals surface area (Å²) in [5.41, 5.74) is 1.02. The molecule has 0 bridgehead atoms. The van der Waals surface area contributed by atoms with E-state index < -0.39 is 0 Å². The Labute approximate surface area is 102 Å². The zero-order valence-electron chi connectivity index (χ0n) is 6.67. The SMILES string of the molecule is COc1ccc2nc(Br)sc2c1I. The average molecular weight is 370 g/mol. The summed E-state index contributed by atoms with van der Waals surface area (Å²) in [5, 5.41) is 0. The van der Waals surface area contributed by atoms with Gasteiger partial charge >= 0.3 is 0 Å². The number of halogens is 2. The Kier molecular flexibility index (Phi) is 2.75. The van der Waals surface area contributed by atoms with E-state index in [0.717, 1.165) is 18.8 Å². The molecule has 0 unspecified atom stereocenters. The molecule has 0 fully saturated rings. The molecule has 68 valence electrons. The number of hydrogen-bond donors (Lipinski definition) is 0. The number of rotatable bonds is 1. The summed E-state index contributed by atoms with van der Waals surface area (Å²) < 4.78 is 8.43. The molecule has 2 nitrogen and oxygen atoms in total. The molecule has 1 aromatic heterocycles. The molecule has 0 spiro atoms. The van der Waals surface area contributed by atoms with Crippen molar-refractivity contribution in [2.45, 2.75) is 0 Å². The van der Waals surface area contributed by atoms with Crippen molar-refractivity contribution in [3.63, 3.8) is 0 Å². The molecule has 0 aliphatic carbocycles. The lowest BCUT2D eigenvalue weighted by molar-refractivity contribution is 0.412. The minimum absolute atomic E-state index is 0.907. The highest BCUT2D eigenvalue weighted by Gasteiger charge is 2.09. The first-order chi connectivity index (χ1) is 6.22. The van der Waals surface area contributed by atoms with Crippen LogP contribution in [0.15, 0.2) is 16.0 Å². The van der Waals surface area contributed by atoms with E-state index in [1.165, 1.54) is 4.70 Å². The van der Waals surface area contributed by atoms with Crippen molar-refractivity contribution < 1.29 is 4.74 Å². The van der Waals surface area contributed by atoms with Crippen molar-refractivity contribution in [3.8, 4) is 5.75 Å². The number of ether oxygens (including phenoxy) is 1. The van der Waals surface area contributed by atoms with Gasteiger partial charge in [0.2, 0.25) is 0 Å². The van der Waals surface area contributed by atoms with Gasteiger partial charge < -0.3 is 4.74 Å². The first-order valence-corrected chi connectivity index (χ1v) is 6.19. The Morgan fingerprint density at radius 2 is 2.31 bits per heavy atom. The molecule has 1 heterocycles. The molecule has 0 saturated heterocycles. The van der Waals surface area contributed by atoms with Crippen molar-refractivity contribution in [1.29, 1.82) is 0 Å². The standard InChI is InChI=1S/C8H5BrINOS/c1-12-5-3-2-4-7(6(5)10)13-8(9)11-4/h2-3H,1H3. The van der Waals surface area contributed by atoms with Crippen molar-refractivity contribution in [2.24, 2.45) is 0 Å². The van der Waals surface area contributed by atoms with Crippen LogP contribution in [0.25, 0.3) is 10.2 Å². The highest BCUT2D eigenvalue weighted by atomic mass is 127. The van der Waals surface area contributed by atoms with E-state index in [1.54, 1.807) is 18.4 Å². The minimum Gasteiger partial charge on any atom is -0.496 e. The molecular weight excluding hydrogens is 365 g/mol. The van der Waals surface area contributed by atoms with E-state index in [9.17, 15) is 0 Å². The van der Waals surface area contributed by atoms with Crippen LogP contribution in [0.2, 0.25) is 0 Å². The van der Waals surface area contributed by atoms with Gasteiger partial charge in [-0.3, -0.25) is 0 Å². The summed E-state index contributed by atoms with van der Waals surface area (Å²) in [7, 11) is 1.68. The van der Waals surface area contributed by atoms with Gasteiger partial charge in [-0.15, -0.1) is 11.3 Å². The molecule has 0 saturated carbocycles. The van der Waals surface area contributed by atoms with Crippen molar-refractivity contribution in [3.05, 3.63) is 19.6 Å². The second kappa shape index (κ2) is 3.70. The largest absolute Gasteiger partial charge is 0.496 e. The third-order valence-electron chi connectivity index (χ3n) is 1.66. The summed E-state index contributed by atoms with van der Waals surface area (Å²) in [6.07, 6.45) is 0. The van der Waals surface area contributed by atoms with Gasteiger partial charge in [-0.25, -0.2) is 4.98 Å². The number of fused-ring (bicyclic) bond motifs is 1. The maximum absolute atomic E-state index is 5.22. The maximum Gasteiger partial charge on any atom is 0.160 e. The quantitative estimate of drug-likeness (QED) is 0.715. The summed E-state index contributed by atoms with van der Waals surface area (Å²) in [6.45, 7) is 0. The topological polar surface area (TPSA) is 22.1 Å². The van der Waals surface area contributed by atoms with Crippen LogP contribution < -0.4 is 4.74 Å². The fraction of sp³-hybridized carbons (Fsp3) is 0.125. The molecule has 13 heavy (non-hydrogen) atoms. The third kappa shape index (κ3) is 1.69. The molecule has 0 amide bonds. The van der Waals surface area contributed by atoms with Gasteiger partial charge in [0, 0.05) is 0 Å². The Morgan fingerprint density at radius 3 is 3.00 bits per heavy atom. The minimum atomic E-state index is 0.907. The summed E-state index contributed by atoms with van der Waals surface area (Å²) in [5.74, 6) is 0.907. The van der Waals surface area contributed by atoms with Gasteiger partial charge in [0.25, 0.3) is 0 Å². The third-order valence-corrected chi connectivity index (χ3v) is 4.63. The van der Waals surface area contributed by atoms with Crippen LogP contribution in [0.4, 0.5) is 0 Å². The Morgan fingerprint density at radius 1 is 1.54 bits per heavy atom. The van der Waals surface area contributed by atoms with E-state index in [2.05, 4.69) is 43.5 Å². The zero-order valence-corrected chi connectivity index (χ0v) is 11.2. The molecule has 2 rings (SSSR count). The lowest BCUT2D eigenvalue weighted by atomic mass is 10.3. The second-order valence-electron chi connectivity index (χ2n) is 2.40. The molecule has 0 atom stereocenters. The van der Waals surface area contributed by atoms with Gasteiger partial charge in [-0.05, 0) is 50.7 Å². The zero-order chi connectivity index (χ0) is 9.42. The molecule has 1 aromatic carbocycles. The van der Waals surface area contributed by atoms with Crippen LogP contribution in [0.5, 0.6) is 5.75 Å². The Bertz CT molecular complexity index is 457. The van der Waals surface area contributed by atoms with Gasteiger partial charge in [-0.1, -0.05) is 0 Å². The van der Waals surface area contributed by atoms with Crippen LogP contribution in [0.3, 0.4) is 0 Å². The van der Waals surface area contributed by atoms with Crippen molar-refractivity contribution in [1.82, 2.24) is 4.98 Å². The van der Waals surface area contributed by atoms with E-state index in [1.807, 2.05) is 12.1 Å². The van der Waals surface area contributed by atoms with E-state index in [4.69, 9.17) is 4.74 Å². The number of thiazole rings is 1. The number of methoxy groups -OCH3 is 1. The lowest BCUT2D eigenvalue weighted by Gasteiger charge is -2.01. The fourth-order valence-electron chi connectivity index (χ4n) is 1.07. The van der Waals surface area contributed by atoms with Crippen molar-refractivity contribution >= 4 is 60.1 Å². The highest BCUT2D eigenvalue weighted by molar-refractivity contribution is 14.1. The molecule has 0 aliphatic rings. The summed E-state index contributed by atoms with van der Waals surface area (Å²) in [4.78, 5) is 4.32. The number of benzene rings is 1.